The van der Waals surface area contributed by atoms with E-state index in [1.54, 1.807) is 0 Å². The number of nitrogen functional groups attached to an aromatic ring is 1. The summed E-state index contributed by atoms with van der Waals surface area (Å²) in [7, 11) is 0. The molecule has 2 rings (SSSR count). The highest BCUT2D eigenvalue weighted by atomic mass is 16.5. The standard InChI is InChI=1S/C13H19NO3/c14-12-5-1-2-6-13(12)17-9-8-15-10-11-4-3-7-16-11/h1-2,5-6,11H,3-4,7-10,14H2. The van der Waals surface area contributed by atoms with Crippen LogP contribution >= 0.6 is 0 Å². The summed E-state index contributed by atoms with van der Waals surface area (Å²) >= 11 is 0. The fraction of sp³-hybridized carbons (Fsp3) is 0.538. The van der Waals surface area contributed by atoms with Crippen LogP contribution in [0.2, 0.25) is 0 Å². The average Bonchev–Trinajstić information content (AvgIpc) is 2.84. The van der Waals surface area contributed by atoms with Crippen LogP contribution in [0.15, 0.2) is 24.3 Å². The fourth-order valence-corrected chi connectivity index (χ4v) is 1.81. The van der Waals surface area contributed by atoms with Crippen molar-refractivity contribution in [2.45, 2.75) is 18.9 Å². The topological polar surface area (TPSA) is 53.7 Å². The molecule has 0 spiro atoms. The van der Waals surface area contributed by atoms with Gasteiger partial charge in [0.1, 0.15) is 12.4 Å². The minimum atomic E-state index is 0.275. The number of ether oxygens (including phenoxy) is 3. The molecule has 1 aromatic rings. The van der Waals surface area contributed by atoms with Gasteiger partial charge in [-0.25, -0.2) is 0 Å². The molecule has 1 unspecified atom stereocenters. The molecule has 2 N–H and O–H groups in total. The molecular weight excluding hydrogens is 218 g/mol. The lowest BCUT2D eigenvalue weighted by atomic mass is 10.2. The van der Waals surface area contributed by atoms with Crippen LogP contribution in [-0.2, 0) is 9.47 Å². The van der Waals surface area contributed by atoms with Gasteiger partial charge in [0, 0.05) is 6.61 Å². The first kappa shape index (κ1) is 12.2. The lowest BCUT2D eigenvalue weighted by Gasteiger charge is -2.11. The maximum absolute atomic E-state index is 5.75. The highest BCUT2D eigenvalue weighted by Gasteiger charge is 2.14. The summed E-state index contributed by atoms with van der Waals surface area (Å²) in [5, 5.41) is 0. The summed E-state index contributed by atoms with van der Waals surface area (Å²) in [6.07, 6.45) is 2.52. The summed E-state index contributed by atoms with van der Waals surface area (Å²) in [5.41, 5.74) is 6.41. The van der Waals surface area contributed by atoms with Gasteiger partial charge in [0.25, 0.3) is 0 Å². The van der Waals surface area contributed by atoms with Crippen LogP contribution in [0.1, 0.15) is 12.8 Å². The number of hydrogen-bond acceptors (Lipinski definition) is 4. The lowest BCUT2D eigenvalue weighted by Crippen LogP contribution is -2.17. The molecular formula is C13H19NO3. The fourth-order valence-electron chi connectivity index (χ4n) is 1.81. The minimum Gasteiger partial charge on any atom is -0.489 e. The molecule has 0 bridgehead atoms. The van der Waals surface area contributed by atoms with Crippen molar-refractivity contribution in [2.75, 3.05) is 32.2 Å². The maximum Gasteiger partial charge on any atom is 0.142 e. The van der Waals surface area contributed by atoms with Crippen molar-refractivity contribution in [1.29, 1.82) is 0 Å². The zero-order valence-corrected chi connectivity index (χ0v) is 9.93. The zero-order chi connectivity index (χ0) is 11.9. The molecule has 94 valence electrons. The van der Waals surface area contributed by atoms with Gasteiger partial charge >= 0.3 is 0 Å². The largest absolute Gasteiger partial charge is 0.489 e. The Balaban J connectivity index is 1.58. The second kappa shape index (κ2) is 6.47. The predicted octanol–water partition coefficient (Wildman–Crippen LogP) is 1.84. The van der Waals surface area contributed by atoms with Crippen molar-refractivity contribution in [1.82, 2.24) is 0 Å². The molecule has 4 heteroatoms. The first-order valence-corrected chi connectivity index (χ1v) is 6.03. The summed E-state index contributed by atoms with van der Waals surface area (Å²) in [6.45, 7) is 2.60. The van der Waals surface area contributed by atoms with Gasteiger partial charge < -0.3 is 19.9 Å². The molecule has 1 aliphatic rings. The Kier molecular flexibility index (Phi) is 4.64. The van der Waals surface area contributed by atoms with Crippen LogP contribution in [0.5, 0.6) is 5.75 Å². The van der Waals surface area contributed by atoms with Gasteiger partial charge in [-0.3, -0.25) is 0 Å². The highest BCUT2D eigenvalue weighted by molar-refractivity contribution is 5.51. The Bertz CT molecular complexity index is 337. The number of para-hydroxylation sites is 2. The van der Waals surface area contributed by atoms with E-state index >= 15 is 0 Å². The van der Waals surface area contributed by atoms with Crippen LogP contribution in [0.4, 0.5) is 5.69 Å². The van der Waals surface area contributed by atoms with Gasteiger partial charge in [-0.15, -0.1) is 0 Å². The van der Waals surface area contributed by atoms with E-state index in [-0.39, 0.29) is 6.10 Å². The third-order valence-electron chi connectivity index (χ3n) is 2.73. The van der Waals surface area contributed by atoms with E-state index in [9.17, 15) is 0 Å². The van der Waals surface area contributed by atoms with Crippen LogP contribution in [0.25, 0.3) is 0 Å². The minimum absolute atomic E-state index is 0.275. The Morgan fingerprint density at radius 3 is 2.94 bits per heavy atom. The van der Waals surface area contributed by atoms with E-state index in [1.165, 1.54) is 0 Å². The van der Waals surface area contributed by atoms with E-state index < -0.39 is 0 Å². The second-order valence-electron chi connectivity index (χ2n) is 4.10. The average molecular weight is 237 g/mol. The molecule has 0 aromatic heterocycles. The monoisotopic (exact) mass is 237 g/mol. The first-order chi connectivity index (χ1) is 8.36. The molecule has 17 heavy (non-hydrogen) atoms. The predicted molar refractivity (Wildman–Crippen MR) is 66.1 cm³/mol. The summed E-state index contributed by atoms with van der Waals surface area (Å²) in [5.74, 6) is 0.716. The van der Waals surface area contributed by atoms with E-state index in [2.05, 4.69) is 0 Å². The lowest BCUT2D eigenvalue weighted by molar-refractivity contribution is 0.00859. The molecule has 0 aliphatic carbocycles. The Morgan fingerprint density at radius 1 is 1.29 bits per heavy atom. The molecule has 1 aromatic carbocycles. The summed E-state index contributed by atoms with van der Waals surface area (Å²) in [6, 6.07) is 7.47. The normalized spacial score (nSPS) is 19.4. The SMILES string of the molecule is Nc1ccccc1OCCOCC1CCCO1. The number of anilines is 1. The van der Waals surface area contributed by atoms with Gasteiger partial charge in [-0.1, -0.05) is 12.1 Å². The van der Waals surface area contributed by atoms with Gasteiger partial charge in [0.15, 0.2) is 0 Å². The van der Waals surface area contributed by atoms with Crippen LogP contribution in [0, 0.1) is 0 Å². The van der Waals surface area contributed by atoms with Crippen molar-refractivity contribution in [2.24, 2.45) is 0 Å². The van der Waals surface area contributed by atoms with Gasteiger partial charge in [-0.05, 0) is 25.0 Å². The third kappa shape index (κ3) is 3.91. The third-order valence-corrected chi connectivity index (χ3v) is 2.73. The van der Waals surface area contributed by atoms with Crippen LogP contribution in [-0.4, -0.2) is 32.5 Å². The van der Waals surface area contributed by atoms with Crippen molar-refractivity contribution in [3.05, 3.63) is 24.3 Å². The number of benzene rings is 1. The number of nitrogens with two attached hydrogens (primary N) is 1. The van der Waals surface area contributed by atoms with Gasteiger partial charge in [-0.2, -0.15) is 0 Å². The Labute approximate surface area is 102 Å². The molecule has 0 amide bonds. The molecule has 1 saturated heterocycles. The molecule has 1 aliphatic heterocycles. The molecule has 4 nitrogen and oxygen atoms in total. The molecule has 1 fully saturated rings. The molecule has 1 atom stereocenters. The van der Waals surface area contributed by atoms with Crippen molar-refractivity contribution in [3.63, 3.8) is 0 Å². The van der Waals surface area contributed by atoms with E-state index in [1.807, 2.05) is 24.3 Å². The quantitative estimate of drug-likeness (QED) is 0.606. The molecule has 0 radical (unpaired) electrons. The van der Waals surface area contributed by atoms with E-state index in [4.69, 9.17) is 19.9 Å². The van der Waals surface area contributed by atoms with Crippen LogP contribution in [0.3, 0.4) is 0 Å². The smallest absolute Gasteiger partial charge is 0.142 e. The van der Waals surface area contributed by atoms with Crippen LogP contribution < -0.4 is 10.5 Å². The zero-order valence-electron chi connectivity index (χ0n) is 9.93. The van der Waals surface area contributed by atoms with Crippen molar-refractivity contribution < 1.29 is 14.2 Å². The Morgan fingerprint density at radius 2 is 2.18 bits per heavy atom. The Hall–Kier alpha value is -1.26. The maximum atomic E-state index is 5.75. The summed E-state index contributed by atoms with van der Waals surface area (Å²) < 4.78 is 16.5. The van der Waals surface area contributed by atoms with Gasteiger partial charge in [0.05, 0.1) is 25.0 Å². The number of hydrogen-bond donors (Lipinski definition) is 1. The molecule has 0 saturated carbocycles. The second-order valence-corrected chi connectivity index (χ2v) is 4.10. The van der Waals surface area contributed by atoms with Crippen molar-refractivity contribution in [3.8, 4) is 5.75 Å². The van der Waals surface area contributed by atoms with Gasteiger partial charge in [0.2, 0.25) is 0 Å². The van der Waals surface area contributed by atoms with Crippen molar-refractivity contribution >= 4 is 5.69 Å². The first-order valence-electron chi connectivity index (χ1n) is 6.03. The molecule has 1 heterocycles. The number of rotatable bonds is 6. The highest BCUT2D eigenvalue weighted by Crippen LogP contribution is 2.19. The van der Waals surface area contributed by atoms with E-state index in [0.29, 0.717) is 31.3 Å². The summed E-state index contributed by atoms with van der Waals surface area (Å²) in [4.78, 5) is 0. The van der Waals surface area contributed by atoms with E-state index in [0.717, 1.165) is 19.4 Å².